The SMILES string of the molecule is C=C1OC2CC3=C[C@@H](C/C(C)=C/[C@@H](OC(=O)C=C(C)CCC=C(C)C)[C@@H]2C1=C)OC3=O. The second kappa shape index (κ2) is 9.54. The summed E-state index contributed by atoms with van der Waals surface area (Å²) in [6.45, 7) is 16.1. The highest BCUT2D eigenvalue weighted by molar-refractivity contribution is 5.91. The van der Waals surface area contributed by atoms with Crippen molar-refractivity contribution in [2.45, 2.75) is 71.7 Å². The van der Waals surface area contributed by atoms with Crippen LogP contribution in [0.25, 0.3) is 0 Å². The monoisotopic (exact) mass is 424 g/mol. The van der Waals surface area contributed by atoms with E-state index in [-0.39, 0.29) is 30.1 Å². The van der Waals surface area contributed by atoms with E-state index in [2.05, 4.69) is 33.1 Å². The summed E-state index contributed by atoms with van der Waals surface area (Å²) in [5.74, 6) is -0.539. The summed E-state index contributed by atoms with van der Waals surface area (Å²) in [7, 11) is 0. The lowest BCUT2D eigenvalue weighted by molar-refractivity contribution is -0.144. The fourth-order valence-electron chi connectivity index (χ4n) is 4.24. The first-order chi connectivity index (χ1) is 14.6. The first-order valence-corrected chi connectivity index (χ1v) is 10.8. The highest BCUT2D eigenvalue weighted by Crippen LogP contribution is 2.41. The molecule has 2 aliphatic heterocycles. The minimum Gasteiger partial charge on any atom is -0.490 e. The fourth-order valence-corrected chi connectivity index (χ4v) is 4.24. The lowest BCUT2D eigenvalue weighted by atomic mass is 9.85. The lowest BCUT2D eigenvalue weighted by Gasteiger charge is -2.26. The van der Waals surface area contributed by atoms with Gasteiger partial charge in [-0.1, -0.05) is 36.0 Å². The molecule has 0 aromatic carbocycles. The molecule has 0 aromatic rings. The smallest absolute Gasteiger partial charge is 0.334 e. The van der Waals surface area contributed by atoms with E-state index in [0.29, 0.717) is 29.7 Å². The van der Waals surface area contributed by atoms with Crippen LogP contribution in [-0.4, -0.2) is 30.3 Å². The zero-order chi connectivity index (χ0) is 22.7. The van der Waals surface area contributed by atoms with Gasteiger partial charge in [0.1, 0.15) is 24.1 Å². The third-order valence-corrected chi connectivity index (χ3v) is 5.82. The van der Waals surface area contributed by atoms with Crippen LogP contribution in [0.4, 0.5) is 0 Å². The third-order valence-electron chi connectivity index (χ3n) is 5.82. The minimum atomic E-state index is -0.556. The van der Waals surface area contributed by atoms with Crippen LogP contribution in [0, 0.1) is 5.92 Å². The van der Waals surface area contributed by atoms with Gasteiger partial charge in [-0.2, -0.15) is 0 Å². The Morgan fingerprint density at radius 1 is 1.19 bits per heavy atom. The van der Waals surface area contributed by atoms with Crippen LogP contribution in [-0.2, 0) is 23.8 Å². The Labute approximate surface area is 184 Å². The van der Waals surface area contributed by atoms with Gasteiger partial charge in [-0.3, -0.25) is 0 Å². The molecule has 4 atom stereocenters. The Balaban J connectivity index is 1.82. The van der Waals surface area contributed by atoms with Gasteiger partial charge in [-0.25, -0.2) is 9.59 Å². The van der Waals surface area contributed by atoms with Gasteiger partial charge in [0.05, 0.1) is 5.92 Å². The van der Waals surface area contributed by atoms with Crippen LogP contribution in [0.1, 0.15) is 53.4 Å². The summed E-state index contributed by atoms with van der Waals surface area (Å²) in [5, 5.41) is 0. The number of esters is 2. The standard InChI is InChI=1S/C26H32O5/c1-15(2)8-7-9-16(3)12-24(27)31-22-11-17(4)10-21-13-20(26(28)30-21)14-23-25(22)18(5)19(6)29-23/h8,11-13,21-23,25H,5-7,9-10,14H2,1-4H3/b16-12?,17-11+/t21-,22-,23?,25+/m1/s1. The molecule has 0 radical (unpaired) electrons. The zero-order valence-corrected chi connectivity index (χ0v) is 18.9. The Kier molecular flexibility index (Phi) is 7.04. The van der Waals surface area contributed by atoms with Gasteiger partial charge in [0.2, 0.25) is 0 Å². The maximum atomic E-state index is 12.7. The maximum Gasteiger partial charge on any atom is 0.334 e. The predicted octanol–water partition coefficient (Wildman–Crippen LogP) is 5.27. The van der Waals surface area contributed by atoms with Crippen molar-refractivity contribution < 1.29 is 23.8 Å². The summed E-state index contributed by atoms with van der Waals surface area (Å²) in [6.07, 6.45) is 8.89. The fraction of sp³-hybridized carbons (Fsp3) is 0.462. The Bertz CT molecular complexity index is 910. The average molecular weight is 425 g/mol. The Hall–Kier alpha value is -2.82. The van der Waals surface area contributed by atoms with E-state index >= 15 is 0 Å². The van der Waals surface area contributed by atoms with E-state index < -0.39 is 6.10 Å². The summed E-state index contributed by atoms with van der Waals surface area (Å²) in [6, 6.07) is 0. The number of ether oxygens (including phenoxy) is 3. The molecule has 0 N–H and O–H groups in total. The summed E-state index contributed by atoms with van der Waals surface area (Å²) in [5.41, 5.74) is 4.49. The van der Waals surface area contributed by atoms with Gasteiger partial charge in [-0.15, -0.1) is 0 Å². The second-order valence-electron chi connectivity index (χ2n) is 8.90. The van der Waals surface area contributed by atoms with E-state index in [1.54, 1.807) is 6.08 Å². The molecular formula is C26H32O5. The molecule has 1 fully saturated rings. The van der Waals surface area contributed by atoms with Crippen LogP contribution < -0.4 is 0 Å². The van der Waals surface area contributed by atoms with Crippen molar-refractivity contribution in [1.82, 2.24) is 0 Å². The molecule has 0 spiro atoms. The third kappa shape index (κ3) is 5.66. The normalized spacial score (nSPS) is 29.8. The van der Waals surface area contributed by atoms with Crippen LogP contribution >= 0.6 is 0 Å². The summed E-state index contributed by atoms with van der Waals surface area (Å²) in [4.78, 5) is 25.0. The van der Waals surface area contributed by atoms with E-state index in [1.165, 1.54) is 5.57 Å². The number of allylic oxidation sites excluding steroid dienone is 4. The van der Waals surface area contributed by atoms with E-state index in [9.17, 15) is 9.59 Å². The first kappa shape index (κ1) is 22.9. The lowest BCUT2D eigenvalue weighted by Crippen LogP contribution is -2.33. The zero-order valence-electron chi connectivity index (χ0n) is 18.9. The number of carbonyl (C=O) groups is 2. The molecule has 2 bridgehead atoms. The van der Waals surface area contributed by atoms with Crippen molar-refractivity contribution in [3.63, 3.8) is 0 Å². The van der Waals surface area contributed by atoms with Gasteiger partial charge in [-0.05, 0) is 58.3 Å². The predicted molar refractivity (Wildman–Crippen MR) is 120 cm³/mol. The van der Waals surface area contributed by atoms with Crippen molar-refractivity contribution >= 4 is 11.9 Å². The number of carbonyl (C=O) groups excluding carboxylic acids is 2. The maximum absolute atomic E-state index is 12.7. The van der Waals surface area contributed by atoms with E-state index in [1.807, 2.05) is 26.0 Å². The quantitative estimate of drug-likeness (QED) is 0.342. The van der Waals surface area contributed by atoms with Crippen LogP contribution in [0.3, 0.4) is 0 Å². The molecule has 166 valence electrons. The molecule has 5 heteroatoms. The highest BCUT2D eigenvalue weighted by Gasteiger charge is 2.44. The van der Waals surface area contributed by atoms with Gasteiger partial charge in [0, 0.05) is 24.5 Å². The Morgan fingerprint density at radius 2 is 1.94 bits per heavy atom. The largest absolute Gasteiger partial charge is 0.490 e. The van der Waals surface area contributed by atoms with Gasteiger partial charge in [0.25, 0.3) is 0 Å². The number of fused-ring (bicyclic) bond motifs is 2. The van der Waals surface area contributed by atoms with Crippen molar-refractivity contribution in [2.75, 3.05) is 0 Å². The minimum absolute atomic E-state index is 0.295. The molecule has 5 nitrogen and oxygen atoms in total. The summed E-state index contributed by atoms with van der Waals surface area (Å²) < 4.78 is 17.3. The summed E-state index contributed by atoms with van der Waals surface area (Å²) >= 11 is 0. The molecule has 1 aliphatic carbocycles. The topological polar surface area (TPSA) is 61.8 Å². The van der Waals surface area contributed by atoms with Gasteiger partial charge >= 0.3 is 11.9 Å². The van der Waals surface area contributed by atoms with Crippen LogP contribution in [0.5, 0.6) is 0 Å². The number of hydrogen-bond donors (Lipinski definition) is 0. The average Bonchev–Trinajstić information content (AvgIpc) is 3.12. The molecule has 3 rings (SSSR count). The molecule has 0 amide bonds. The highest BCUT2D eigenvalue weighted by atomic mass is 16.6. The molecular weight excluding hydrogens is 392 g/mol. The number of rotatable bonds is 5. The van der Waals surface area contributed by atoms with Crippen LogP contribution in [0.2, 0.25) is 0 Å². The van der Waals surface area contributed by atoms with Crippen molar-refractivity contribution in [2.24, 2.45) is 5.92 Å². The van der Waals surface area contributed by atoms with Crippen LogP contribution in [0.15, 0.2) is 71.1 Å². The molecule has 1 unspecified atom stereocenters. The Morgan fingerprint density at radius 3 is 2.65 bits per heavy atom. The second-order valence-corrected chi connectivity index (χ2v) is 8.90. The van der Waals surface area contributed by atoms with E-state index in [0.717, 1.165) is 24.0 Å². The van der Waals surface area contributed by atoms with Crippen molar-refractivity contribution in [3.05, 3.63) is 71.1 Å². The number of hydrogen-bond acceptors (Lipinski definition) is 5. The van der Waals surface area contributed by atoms with Crippen molar-refractivity contribution in [3.8, 4) is 0 Å². The molecule has 2 heterocycles. The first-order valence-electron chi connectivity index (χ1n) is 10.8. The molecule has 0 aromatic heterocycles. The molecule has 1 saturated heterocycles. The molecule has 0 saturated carbocycles. The van der Waals surface area contributed by atoms with Crippen molar-refractivity contribution in [1.29, 1.82) is 0 Å². The van der Waals surface area contributed by atoms with E-state index in [4.69, 9.17) is 14.2 Å². The molecule has 3 aliphatic rings. The van der Waals surface area contributed by atoms with Gasteiger partial charge < -0.3 is 14.2 Å². The van der Waals surface area contributed by atoms with Gasteiger partial charge in [0.15, 0.2) is 0 Å². The molecule has 31 heavy (non-hydrogen) atoms.